The summed E-state index contributed by atoms with van der Waals surface area (Å²) in [6, 6.07) is 1.70. The zero-order valence-corrected chi connectivity index (χ0v) is 10.5. The Morgan fingerprint density at radius 1 is 1.42 bits per heavy atom. The second kappa shape index (κ2) is 5.48. The van der Waals surface area contributed by atoms with Gasteiger partial charge in [-0.25, -0.2) is 8.78 Å². The van der Waals surface area contributed by atoms with E-state index in [-0.39, 0.29) is 17.8 Å². The highest BCUT2D eigenvalue weighted by Crippen LogP contribution is 2.26. The molecule has 0 saturated carbocycles. The number of nitrogens with zero attached hydrogens (tertiary/aromatic N) is 1. The van der Waals surface area contributed by atoms with Gasteiger partial charge < -0.3 is 10.6 Å². The largest absolute Gasteiger partial charge is 0.377 e. The van der Waals surface area contributed by atoms with E-state index < -0.39 is 22.2 Å². The minimum atomic E-state index is -0.933. The Morgan fingerprint density at radius 2 is 2.05 bits per heavy atom. The summed E-state index contributed by atoms with van der Waals surface area (Å²) in [5.41, 5.74) is -0.871. The van der Waals surface area contributed by atoms with Crippen LogP contribution in [0.2, 0.25) is 0 Å². The Hall–Kier alpha value is -1.76. The molecule has 1 aliphatic heterocycles. The molecular formula is C12H15F2N3O2. The van der Waals surface area contributed by atoms with Crippen LogP contribution in [0.1, 0.15) is 19.8 Å². The van der Waals surface area contributed by atoms with Crippen LogP contribution in [-0.2, 0) is 0 Å². The van der Waals surface area contributed by atoms with E-state index in [2.05, 4.69) is 10.6 Å². The van der Waals surface area contributed by atoms with Crippen LogP contribution in [0.5, 0.6) is 0 Å². The van der Waals surface area contributed by atoms with Gasteiger partial charge in [-0.2, -0.15) is 0 Å². The first-order valence-corrected chi connectivity index (χ1v) is 6.10. The predicted octanol–water partition coefficient (Wildman–Crippen LogP) is 2.43. The zero-order valence-electron chi connectivity index (χ0n) is 10.5. The highest BCUT2D eigenvalue weighted by Gasteiger charge is 2.22. The van der Waals surface area contributed by atoms with Crippen LogP contribution in [0.15, 0.2) is 12.1 Å². The van der Waals surface area contributed by atoms with Crippen LogP contribution < -0.4 is 10.6 Å². The van der Waals surface area contributed by atoms with Crippen LogP contribution in [0.4, 0.5) is 20.2 Å². The lowest BCUT2D eigenvalue weighted by molar-refractivity contribution is -0.385. The molecule has 5 nitrogen and oxygen atoms in total. The van der Waals surface area contributed by atoms with Gasteiger partial charge >= 0.3 is 0 Å². The van der Waals surface area contributed by atoms with Crippen molar-refractivity contribution in [1.29, 1.82) is 0 Å². The summed E-state index contributed by atoms with van der Waals surface area (Å²) in [6.07, 6.45) is 1.50. The first-order chi connectivity index (χ1) is 8.97. The molecule has 1 heterocycles. The molecule has 2 N–H and O–H groups in total. The molecule has 1 fully saturated rings. The molecule has 1 saturated heterocycles. The second-order valence-electron chi connectivity index (χ2n) is 4.76. The minimum Gasteiger partial charge on any atom is -0.377 e. The lowest BCUT2D eigenvalue weighted by atomic mass is 10.0. The summed E-state index contributed by atoms with van der Waals surface area (Å²) in [4.78, 5) is 9.68. The molecule has 19 heavy (non-hydrogen) atoms. The third-order valence-electron chi connectivity index (χ3n) is 3.21. The fourth-order valence-corrected chi connectivity index (χ4v) is 2.27. The summed E-state index contributed by atoms with van der Waals surface area (Å²) in [5, 5.41) is 16.5. The molecule has 0 radical (unpaired) electrons. The van der Waals surface area contributed by atoms with Gasteiger partial charge in [-0.15, -0.1) is 0 Å². The third kappa shape index (κ3) is 3.17. The van der Waals surface area contributed by atoms with Gasteiger partial charge in [-0.3, -0.25) is 10.1 Å². The zero-order chi connectivity index (χ0) is 14.0. The molecule has 1 aromatic carbocycles. The topological polar surface area (TPSA) is 67.2 Å². The molecule has 7 heteroatoms. The van der Waals surface area contributed by atoms with E-state index in [4.69, 9.17) is 0 Å². The van der Waals surface area contributed by atoms with Crippen molar-refractivity contribution >= 4 is 11.4 Å². The molecule has 0 spiro atoms. The van der Waals surface area contributed by atoms with Crippen LogP contribution in [0, 0.1) is 21.7 Å². The van der Waals surface area contributed by atoms with Gasteiger partial charge in [0, 0.05) is 12.1 Å². The molecule has 2 rings (SSSR count). The van der Waals surface area contributed by atoms with Crippen LogP contribution in [-0.4, -0.2) is 23.6 Å². The molecule has 0 amide bonds. The third-order valence-corrected chi connectivity index (χ3v) is 3.21. The predicted molar refractivity (Wildman–Crippen MR) is 67.1 cm³/mol. The monoisotopic (exact) mass is 271 g/mol. The maximum atomic E-state index is 13.7. The Labute approximate surface area is 109 Å². The number of hydrogen-bond donors (Lipinski definition) is 2. The van der Waals surface area contributed by atoms with Gasteiger partial charge in [0.2, 0.25) is 0 Å². The molecule has 1 aromatic rings. The lowest BCUT2D eigenvalue weighted by Gasteiger charge is -2.29. The summed E-state index contributed by atoms with van der Waals surface area (Å²) in [6.45, 7) is 2.77. The highest BCUT2D eigenvalue weighted by molar-refractivity contribution is 5.52. The van der Waals surface area contributed by atoms with Gasteiger partial charge in [-0.1, -0.05) is 0 Å². The summed E-state index contributed by atoms with van der Waals surface area (Å²) < 4.78 is 27.4. The van der Waals surface area contributed by atoms with Crippen molar-refractivity contribution in [3.05, 3.63) is 33.9 Å². The number of non-ortho nitro benzene ring substituents is 1. The standard InChI is InChI=1S/C12H15F2N3O2/c1-7-4-8(2-3-15-7)16-12-10(13)5-9(17(18)19)6-11(12)14/h5-8,15-16H,2-4H2,1H3. The van der Waals surface area contributed by atoms with E-state index in [0.717, 1.165) is 31.5 Å². The molecular weight excluding hydrogens is 256 g/mol. The molecule has 0 aromatic heterocycles. The molecule has 2 unspecified atom stereocenters. The van der Waals surface area contributed by atoms with Crippen molar-refractivity contribution < 1.29 is 13.7 Å². The number of anilines is 1. The Bertz CT molecular complexity index is 473. The number of hydrogen-bond acceptors (Lipinski definition) is 4. The molecule has 104 valence electrons. The highest BCUT2D eigenvalue weighted by atomic mass is 19.1. The Morgan fingerprint density at radius 3 is 2.58 bits per heavy atom. The van der Waals surface area contributed by atoms with Gasteiger partial charge in [0.1, 0.15) is 5.69 Å². The number of nitro groups is 1. The van der Waals surface area contributed by atoms with Crippen LogP contribution >= 0.6 is 0 Å². The minimum absolute atomic E-state index is 0.0401. The van der Waals surface area contributed by atoms with Crippen molar-refractivity contribution in [2.45, 2.75) is 31.8 Å². The lowest BCUT2D eigenvalue weighted by Crippen LogP contribution is -2.41. The average Bonchev–Trinajstić information content (AvgIpc) is 2.33. The Balaban J connectivity index is 2.18. The van der Waals surface area contributed by atoms with Gasteiger partial charge in [-0.05, 0) is 26.3 Å². The average molecular weight is 271 g/mol. The van der Waals surface area contributed by atoms with Crippen molar-refractivity contribution in [3.8, 4) is 0 Å². The number of nitrogens with one attached hydrogen (secondary N) is 2. The number of benzene rings is 1. The van der Waals surface area contributed by atoms with Crippen molar-refractivity contribution in [2.75, 3.05) is 11.9 Å². The smallest absolute Gasteiger partial charge is 0.275 e. The molecule has 0 aliphatic carbocycles. The van der Waals surface area contributed by atoms with E-state index in [1.807, 2.05) is 6.92 Å². The first-order valence-electron chi connectivity index (χ1n) is 6.10. The summed E-state index contributed by atoms with van der Waals surface area (Å²) in [5.74, 6) is -1.87. The number of halogens is 2. The Kier molecular flexibility index (Phi) is 3.94. The number of rotatable bonds is 3. The van der Waals surface area contributed by atoms with Gasteiger partial charge in [0.25, 0.3) is 5.69 Å². The van der Waals surface area contributed by atoms with Gasteiger partial charge in [0.05, 0.1) is 17.1 Å². The van der Waals surface area contributed by atoms with E-state index in [0.29, 0.717) is 0 Å². The molecule has 2 atom stereocenters. The van der Waals surface area contributed by atoms with Crippen LogP contribution in [0.25, 0.3) is 0 Å². The summed E-state index contributed by atoms with van der Waals surface area (Å²) in [7, 11) is 0. The van der Waals surface area contributed by atoms with E-state index in [1.54, 1.807) is 0 Å². The second-order valence-corrected chi connectivity index (χ2v) is 4.76. The van der Waals surface area contributed by atoms with Crippen molar-refractivity contribution in [3.63, 3.8) is 0 Å². The fraction of sp³-hybridized carbons (Fsp3) is 0.500. The van der Waals surface area contributed by atoms with Crippen molar-refractivity contribution in [1.82, 2.24) is 5.32 Å². The van der Waals surface area contributed by atoms with E-state index in [9.17, 15) is 18.9 Å². The van der Waals surface area contributed by atoms with Crippen molar-refractivity contribution in [2.24, 2.45) is 0 Å². The SMILES string of the molecule is CC1CC(Nc2c(F)cc([N+](=O)[O-])cc2F)CCN1. The molecule has 0 bridgehead atoms. The maximum Gasteiger partial charge on any atom is 0.275 e. The van der Waals surface area contributed by atoms with E-state index >= 15 is 0 Å². The quantitative estimate of drug-likeness (QED) is 0.654. The number of piperidine rings is 1. The first kappa shape index (κ1) is 13.7. The van der Waals surface area contributed by atoms with E-state index in [1.165, 1.54) is 0 Å². The maximum absolute atomic E-state index is 13.7. The summed E-state index contributed by atoms with van der Waals surface area (Å²) >= 11 is 0. The normalized spacial score (nSPS) is 23.1. The van der Waals surface area contributed by atoms with Gasteiger partial charge in [0.15, 0.2) is 11.6 Å². The molecule has 1 aliphatic rings. The fourth-order valence-electron chi connectivity index (χ4n) is 2.27. The number of nitro benzene ring substituents is 1. The van der Waals surface area contributed by atoms with Crippen LogP contribution in [0.3, 0.4) is 0 Å².